The van der Waals surface area contributed by atoms with Crippen LogP contribution >= 0.6 is 0 Å². The average molecular weight is 272 g/mol. The molecule has 0 heterocycles. The Bertz CT molecular complexity index is 654. The molecule has 20 heavy (non-hydrogen) atoms. The quantitative estimate of drug-likeness (QED) is 0.745. The predicted molar refractivity (Wildman–Crippen MR) is 78.8 cm³/mol. The summed E-state index contributed by atoms with van der Waals surface area (Å²) in [6.45, 7) is 1.96. The molecule has 0 fully saturated rings. The van der Waals surface area contributed by atoms with E-state index in [0.717, 1.165) is 22.7 Å². The molecule has 0 bridgehead atoms. The Hall–Kier alpha value is -2.69. The van der Waals surface area contributed by atoms with Crippen LogP contribution in [0.25, 0.3) is 0 Å². The molecule has 0 saturated heterocycles. The molecule has 0 amide bonds. The molecule has 0 aromatic heterocycles. The summed E-state index contributed by atoms with van der Waals surface area (Å²) in [4.78, 5) is 10.9. The van der Waals surface area contributed by atoms with Crippen LogP contribution in [0, 0.1) is 6.92 Å². The summed E-state index contributed by atoms with van der Waals surface area (Å²) in [5.41, 5.74) is 8.71. The number of nitrogens with two attached hydrogens (primary N) is 1. The lowest BCUT2D eigenvalue weighted by Crippen LogP contribution is -2.03. The third-order valence-corrected chi connectivity index (χ3v) is 2.99. The highest BCUT2D eigenvalue weighted by atomic mass is 16.5. The number of carboxylic acid groups (broad SMARTS) is 1. The summed E-state index contributed by atoms with van der Waals surface area (Å²) in [7, 11) is 1.62. The predicted octanol–water partition coefficient (Wildman–Crippen LogP) is 3.03. The standard InChI is InChI=1S/C15H16N2O3/c1-9-7-11(20-2)4-6-14(9)17-10-3-5-12(15(18)19)13(16)8-10/h3-8,17H,16H2,1-2H3,(H,18,19). The van der Waals surface area contributed by atoms with E-state index >= 15 is 0 Å². The molecular formula is C15H16N2O3. The minimum atomic E-state index is -1.03. The lowest BCUT2D eigenvalue weighted by atomic mass is 10.1. The number of rotatable bonds is 4. The Labute approximate surface area is 117 Å². The SMILES string of the molecule is COc1ccc(Nc2ccc(C(=O)O)c(N)c2)c(C)c1. The van der Waals surface area contributed by atoms with Crippen molar-refractivity contribution >= 4 is 23.0 Å². The van der Waals surface area contributed by atoms with E-state index in [-0.39, 0.29) is 11.3 Å². The molecule has 5 heteroatoms. The third kappa shape index (κ3) is 2.83. The van der Waals surface area contributed by atoms with E-state index in [9.17, 15) is 4.79 Å². The monoisotopic (exact) mass is 272 g/mol. The molecule has 0 aliphatic carbocycles. The van der Waals surface area contributed by atoms with E-state index in [1.54, 1.807) is 19.2 Å². The number of benzene rings is 2. The van der Waals surface area contributed by atoms with Crippen molar-refractivity contribution in [1.82, 2.24) is 0 Å². The van der Waals surface area contributed by atoms with Gasteiger partial charge in [-0.3, -0.25) is 0 Å². The number of hydrogen-bond donors (Lipinski definition) is 3. The number of carboxylic acids is 1. The van der Waals surface area contributed by atoms with Gasteiger partial charge in [0.05, 0.1) is 12.7 Å². The Morgan fingerprint density at radius 2 is 2.00 bits per heavy atom. The highest BCUT2D eigenvalue weighted by molar-refractivity contribution is 5.94. The van der Waals surface area contributed by atoms with Gasteiger partial charge in [-0.1, -0.05) is 0 Å². The molecule has 104 valence electrons. The molecule has 2 aromatic carbocycles. The summed E-state index contributed by atoms with van der Waals surface area (Å²) in [5.74, 6) is -0.247. The van der Waals surface area contributed by atoms with Gasteiger partial charge in [-0.05, 0) is 48.9 Å². The maximum absolute atomic E-state index is 10.9. The first kappa shape index (κ1) is 13.7. The third-order valence-electron chi connectivity index (χ3n) is 2.99. The second-order valence-corrected chi connectivity index (χ2v) is 4.41. The zero-order valence-corrected chi connectivity index (χ0v) is 11.3. The fraction of sp³-hybridized carbons (Fsp3) is 0.133. The van der Waals surface area contributed by atoms with Crippen LogP contribution in [0.3, 0.4) is 0 Å². The van der Waals surface area contributed by atoms with Crippen molar-refractivity contribution in [2.24, 2.45) is 0 Å². The molecule has 0 spiro atoms. The van der Waals surface area contributed by atoms with Crippen LogP contribution < -0.4 is 15.8 Å². The van der Waals surface area contributed by atoms with Crippen molar-refractivity contribution in [3.63, 3.8) is 0 Å². The fourth-order valence-electron chi connectivity index (χ4n) is 1.89. The van der Waals surface area contributed by atoms with Gasteiger partial charge < -0.3 is 20.9 Å². The summed E-state index contributed by atoms with van der Waals surface area (Å²) in [6, 6.07) is 10.4. The van der Waals surface area contributed by atoms with Crippen LogP contribution in [0.15, 0.2) is 36.4 Å². The topological polar surface area (TPSA) is 84.6 Å². The van der Waals surface area contributed by atoms with Gasteiger partial charge in [-0.15, -0.1) is 0 Å². The van der Waals surface area contributed by atoms with Crippen LogP contribution in [-0.2, 0) is 0 Å². The average Bonchev–Trinajstić information content (AvgIpc) is 2.40. The molecule has 2 rings (SSSR count). The van der Waals surface area contributed by atoms with Crippen LogP contribution in [0.2, 0.25) is 0 Å². The number of ether oxygens (including phenoxy) is 1. The highest BCUT2D eigenvalue weighted by Gasteiger charge is 2.08. The van der Waals surface area contributed by atoms with Crippen LogP contribution in [-0.4, -0.2) is 18.2 Å². The molecule has 5 nitrogen and oxygen atoms in total. The van der Waals surface area contributed by atoms with Crippen molar-refractivity contribution in [1.29, 1.82) is 0 Å². The Morgan fingerprint density at radius 1 is 1.25 bits per heavy atom. The smallest absolute Gasteiger partial charge is 0.337 e. The zero-order chi connectivity index (χ0) is 14.7. The molecule has 0 aliphatic rings. The van der Waals surface area contributed by atoms with Gasteiger partial charge in [0.15, 0.2) is 0 Å². The van der Waals surface area contributed by atoms with Crippen molar-refractivity contribution in [3.8, 4) is 5.75 Å². The van der Waals surface area contributed by atoms with Gasteiger partial charge in [0.1, 0.15) is 5.75 Å². The number of aromatic carboxylic acids is 1. The maximum Gasteiger partial charge on any atom is 0.337 e. The molecule has 0 atom stereocenters. The molecule has 0 radical (unpaired) electrons. The van der Waals surface area contributed by atoms with Gasteiger partial charge in [-0.2, -0.15) is 0 Å². The van der Waals surface area contributed by atoms with Gasteiger partial charge >= 0.3 is 5.97 Å². The van der Waals surface area contributed by atoms with E-state index in [4.69, 9.17) is 15.6 Å². The lowest BCUT2D eigenvalue weighted by Gasteiger charge is -2.12. The zero-order valence-electron chi connectivity index (χ0n) is 11.3. The number of nitrogens with one attached hydrogen (secondary N) is 1. The number of methoxy groups -OCH3 is 1. The Balaban J connectivity index is 2.26. The van der Waals surface area contributed by atoms with Crippen LogP contribution in [0.1, 0.15) is 15.9 Å². The molecular weight excluding hydrogens is 256 g/mol. The lowest BCUT2D eigenvalue weighted by molar-refractivity contribution is 0.0698. The Morgan fingerprint density at radius 3 is 2.55 bits per heavy atom. The van der Waals surface area contributed by atoms with Gasteiger partial charge in [-0.25, -0.2) is 4.79 Å². The number of anilines is 3. The summed E-state index contributed by atoms with van der Waals surface area (Å²) in [6.07, 6.45) is 0. The molecule has 0 saturated carbocycles. The van der Waals surface area contributed by atoms with E-state index in [1.165, 1.54) is 6.07 Å². The second-order valence-electron chi connectivity index (χ2n) is 4.41. The second kappa shape index (κ2) is 5.52. The van der Waals surface area contributed by atoms with Crippen LogP contribution in [0.4, 0.5) is 17.1 Å². The van der Waals surface area contributed by atoms with Crippen molar-refractivity contribution < 1.29 is 14.6 Å². The van der Waals surface area contributed by atoms with Gasteiger partial charge in [0.25, 0.3) is 0 Å². The largest absolute Gasteiger partial charge is 0.497 e. The first-order valence-electron chi connectivity index (χ1n) is 6.05. The number of carbonyl (C=O) groups is 1. The summed E-state index contributed by atoms with van der Waals surface area (Å²) in [5, 5.41) is 12.1. The van der Waals surface area contributed by atoms with Crippen molar-refractivity contribution in [2.75, 3.05) is 18.2 Å². The van der Waals surface area contributed by atoms with E-state index < -0.39 is 5.97 Å². The number of nitrogen functional groups attached to an aromatic ring is 1. The molecule has 2 aromatic rings. The highest BCUT2D eigenvalue weighted by Crippen LogP contribution is 2.26. The van der Waals surface area contributed by atoms with E-state index in [0.29, 0.717) is 0 Å². The normalized spacial score (nSPS) is 10.1. The maximum atomic E-state index is 10.9. The van der Waals surface area contributed by atoms with Crippen LogP contribution in [0.5, 0.6) is 5.75 Å². The Kier molecular flexibility index (Phi) is 3.79. The number of hydrogen-bond acceptors (Lipinski definition) is 4. The summed E-state index contributed by atoms with van der Waals surface area (Å²) >= 11 is 0. The van der Waals surface area contributed by atoms with E-state index in [2.05, 4.69) is 5.32 Å². The molecule has 4 N–H and O–H groups in total. The molecule has 0 aliphatic heterocycles. The van der Waals surface area contributed by atoms with Crippen molar-refractivity contribution in [2.45, 2.75) is 6.92 Å². The van der Waals surface area contributed by atoms with E-state index in [1.807, 2.05) is 25.1 Å². The van der Waals surface area contributed by atoms with Gasteiger partial charge in [0, 0.05) is 17.1 Å². The first-order chi connectivity index (χ1) is 9.51. The molecule has 0 unspecified atom stereocenters. The minimum Gasteiger partial charge on any atom is -0.497 e. The first-order valence-corrected chi connectivity index (χ1v) is 6.05. The van der Waals surface area contributed by atoms with Gasteiger partial charge in [0.2, 0.25) is 0 Å². The fourth-order valence-corrected chi connectivity index (χ4v) is 1.89. The number of aryl methyl sites for hydroxylation is 1. The summed E-state index contributed by atoms with van der Waals surface area (Å²) < 4.78 is 5.15. The van der Waals surface area contributed by atoms with Crippen molar-refractivity contribution in [3.05, 3.63) is 47.5 Å². The minimum absolute atomic E-state index is 0.0991.